The number of nitrogens with two attached hydrogens (primary N) is 1. The maximum atomic E-state index is 6.23. The summed E-state index contributed by atoms with van der Waals surface area (Å²) in [6.45, 7) is 6.24. The summed E-state index contributed by atoms with van der Waals surface area (Å²) >= 11 is 0. The molecule has 0 radical (unpaired) electrons. The van der Waals surface area contributed by atoms with Gasteiger partial charge >= 0.3 is 0 Å². The van der Waals surface area contributed by atoms with Crippen molar-refractivity contribution >= 4 is 16.6 Å². The van der Waals surface area contributed by atoms with Gasteiger partial charge in [0.2, 0.25) is 0 Å². The van der Waals surface area contributed by atoms with Crippen LogP contribution in [0.5, 0.6) is 0 Å². The van der Waals surface area contributed by atoms with Crippen molar-refractivity contribution in [2.24, 2.45) is 12.8 Å². The van der Waals surface area contributed by atoms with Crippen molar-refractivity contribution in [1.82, 2.24) is 14.8 Å². The molecule has 2 aromatic carbocycles. The van der Waals surface area contributed by atoms with E-state index in [2.05, 4.69) is 71.4 Å². The first-order valence-electron chi connectivity index (χ1n) is 11.0. The highest BCUT2D eigenvalue weighted by molar-refractivity contribution is 5.93. The Morgan fingerprint density at radius 3 is 2.29 bits per heavy atom. The summed E-state index contributed by atoms with van der Waals surface area (Å²) in [5, 5.41) is 5.67. The number of nitrogens with zero attached hydrogens (tertiary/aromatic N) is 4. The van der Waals surface area contributed by atoms with E-state index in [1.165, 1.54) is 33.5 Å². The molecule has 1 aliphatic rings. The van der Waals surface area contributed by atoms with Crippen molar-refractivity contribution < 1.29 is 0 Å². The van der Waals surface area contributed by atoms with Crippen molar-refractivity contribution in [3.8, 4) is 22.3 Å². The van der Waals surface area contributed by atoms with Crippen LogP contribution in [0.1, 0.15) is 24.0 Å². The second kappa shape index (κ2) is 7.82. The molecule has 0 unspecified atom stereocenters. The minimum absolute atomic E-state index is 0.290. The Kier molecular flexibility index (Phi) is 4.98. The van der Waals surface area contributed by atoms with Gasteiger partial charge in [-0.1, -0.05) is 35.4 Å². The summed E-state index contributed by atoms with van der Waals surface area (Å²) in [4.78, 5) is 7.18. The molecule has 1 fully saturated rings. The SMILES string of the molecule is Cc1cc(C)cc(-c2cncc(-c3ccc4nn(C)cc4c3)c2N2CCC(N)CC2)c1. The molecule has 0 aliphatic carbocycles. The number of piperidine rings is 1. The molecule has 1 aliphatic heterocycles. The van der Waals surface area contributed by atoms with Gasteiger partial charge in [-0.25, -0.2) is 0 Å². The number of aromatic nitrogens is 3. The summed E-state index contributed by atoms with van der Waals surface area (Å²) in [5.74, 6) is 0. The van der Waals surface area contributed by atoms with Gasteiger partial charge < -0.3 is 10.6 Å². The third kappa shape index (κ3) is 3.81. The highest BCUT2D eigenvalue weighted by Gasteiger charge is 2.23. The van der Waals surface area contributed by atoms with Gasteiger partial charge in [0.25, 0.3) is 0 Å². The van der Waals surface area contributed by atoms with Crippen LogP contribution >= 0.6 is 0 Å². The molecule has 3 heterocycles. The monoisotopic (exact) mass is 411 g/mol. The van der Waals surface area contributed by atoms with Crippen molar-refractivity contribution in [2.45, 2.75) is 32.7 Å². The zero-order chi connectivity index (χ0) is 21.5. The Morgan fingerprint density at radius 1 is 0.903 bits per heavy atom. The minimum atomic E-state index is 0.290. The van der Waals surface area contributed by atoms with Crippen LogP contribution < -0.4 is 10.6 Å². The highest BCUT2D eigenvalue weighted by Crippen LogP contribution is 2.41. The second-order valence-corrected chi connectivity index (χ2v) is 8.86. The predicted octanol–water partition coefficient (Wildman–Crippen LogP) is 4.85. The van der Waals surface area contributed by atoms with Crippen LogP contribution in [0.3, 0.4) is 0 Å². The van der Waals surface area contributed by atoms with Crippen LogP contribution in [0.15, 0.2) is 55.0 Å². The van der Waals surface area contributed by atoms with Gasteiger partial charge in [-0.3, -0.25) is 9.67 Å². The van der Waals surface area contributed by atoms with Gasteiger partial charge in [0.15, 0.2) is 0 Å². The van der Waals surface area contributed by atoms with E-state index in [0.29, 0.717) is 0 Å². The number of rotatable bonds is 3. The Balaban J connectivity index is 1.71. The molecule has 0 amide bonds. The predicted molar refractivity (Wildman–Crippen MR) is 128 cm³/mol. The summed E-state index contributed by atoms with van der Waals surface area (Å²) < 4.78 is 1.87. The number of hydrogen-bond acceptors (Lipinski definition) is 4. The zero-order valence-electron chi connectivity index (χ0n) is 18.5. The van der Waals surface area contributed by atoms with E-state index in [4.69, 9.17) is 5.73 Å². The van der Waals surface area contributed by atoms with E-state index in [-0.39, 0.29) is 6.04 Å². The van der Waals surface area contributed by atoms with Crippen molar-refractivity contribution in [3.05, 3.63) is 66.1 Å². The Labute approximate surface area is 183 Å². The lowest BCUT2D eigenvalue weighted by Crippen LogP contribution is -2.40. The first-order valence-corrected chi connectivity index (χ1v) is 11.0. The number of hydrogen-bond donors (Lipinski definition) is 1. The number of pyridine rings is 1. The number of aryl methyl sites for hydroxylation is 3. The van der Waals surface area contributed by atoms with E-state index in [0.717, 1.165) is 42.4 Å². The van der Waals surface area contributed by atoms with E-state index >= 15 is 0 Å². The molecule has 0 spiro atoms. The quantitative estimate of drug-likeness (QED) is 0.524. The lowest BCUT2D eigenvalue weighted by molar-refractivity contribution is 0.501. The van der Waals surface area contributed by atoms with Crippen LogP contribution in [0.25, 0.3) is 33.2 Å². The largest absolute Gasteiger partial charge is 0.370 e. The lowest BCUT2D eigenvalue weighted by Gasteiger charge is -2.35. The van der Waals surface area contributed by atoms with Crippen LogP contribution in [-0.4, -0.2) is 33.9 Å². The van der Waals surface area contributed by atoms with E-state index in [9.17, 15) is 0 Å². The molecule has 4 aromatic rings. The van der Waals surface area contributed by atoms with Gasteiger partial charge in [0, 0.05) is 61.3 Å². The molecule has 5 nitrogen and oxygen atoms in total. The average molecular weight is 412 g/mol. The Bertz CT molecular complexity index is 1230. The molecule has 158 valence electrons. The number of anilines is 1. The first kappa shape index (κ1) is 19.8. The standard InChI is InChI=1S/C26H29N5/c1-17-10-18(2)12-20(11-17)24-15-28-14-23(26(24)31-8-6-22(27)7-9-31)19-4-5-25-21(13-19)16-30(3)29-25/h4-5,10-16,22H,6-9,27H2,1-3H3. The van der Waals surface area contributed by atoms with Gasteiger partial charge in [-0.05, 0) is 49.9 Å². The van der Waals surface area contributed by atoms with Gasteiger partial charge in [-0.15, -0.1) is 0 Å². The summed E-state index contributed by atoms with van der Waals surface area (Å²) in [6, 6.07) is 13.5. The molecule has 0 saturated carbocycles. The third-order valence-electron chi connectivity index (χ3n) is 6.24. The smallest absolute Gasteiger partial charge is 0.0923 e. The van der Waals surface area contributed by atoms with Gasteiger partial charge in [0.1, 0.15) is 0 Å². The van der Waals surface area contributed by atoms with Crippen LogP contribution in [0.4, 0.5) is 5.69 Å². The van der Waals surface area contributed by atoms with Crippen LogP contribution in [-0.2, 0) is 7.05 Å². The molecule has 5 heteroatoms. The molecular formula is C26H29N5. The minimum Gasteiger partial charge on any atom is -0.370 e. The summed E-state index contributed by atoms with van der Waals surface area (Å²) in [7, 11) is 1.96. The maximum Gasteiger partial charge on any atom is 0.0923 e. The van der Waals surface area contributed by atoms with Gasteiger partial charge in [-0.2, -0.15) is 5.10 Å². The number of fused-ring (bicyclic) bond motifs is 1. The molecule has 0 atom stereocenters. The molecule has 2 aromatic heterocycles. The third-order valence-corrected chi connectivity index (χ3v) is 6.24. The molecule has 2 N–H and O–H groups in total. The number of benzene rings is 2. The molecule has 5 rings (SSSR count). The van der Waals surface area contributed by atoms with Gasteiger partial charge in [0.05, 0.1) is 11.2 Å². The van der Waals surface area contributed by atoms with E-state index < -0.39 is 0 Å². The topological polar surface area (TPSA) is 60.0 Å². The summed E-state index contributed by atoms with van der Waals surface area (Å²) in [5.41, 5.74) is 15.8. The zero-order valence-corrected chi connectivity index (χ0v) is 18.5. The molecule has 0 bridgehead atoms. The molecular weight excluding hydrogens is 382 g/mol. The average Bonchev–Trinajstić information content (AvgIpc) is 3.12. The van der Waals surface area contributed by atoms with E-state index in [1.807, 2.05) is 24.1 Å². The fourth-order valence-electron chi connectivity index (χ4n) is 4.79. The molecule has 1 saturated heterocycles. The van der Waals surface area contributed by atoms with Crippen molar-refractivity contribution in [3.63, 3.8) is 0 Å². The highest BCUT2D eigenvalue weighted by atomic mass is 15.2. The van der Waals surface area contributed by atoms with E-state index in [1.54, 1.807) is 0 Å². The first-order chi connectivity index (χ1) is 15.0. The molecule has 31 heavy (non-hydrogen) atoms. The van der Waals surface area contributed by atoms with Crippen LogP contribution in [0.2, 0.25) is 0 Å². The fourth-order valence-corrected chi connectivity index (χ4v) is 4.79. The van der Waals surface area contributed by atoms with Crippen molar-refractivity contribution in [1.29, 1.82) is 0 Å². The fraction of sp³-hybridized carbons (Fsp3) is 0.308. The summed E-state index contributed by atoms with van der Waals surface area (Å²) in [6.07, 6.45) is 8.11. The van der Waals surface area contributed by atoms with Crippen molar-refractivity contribution in [2.75, 3.05) is 18.0 Å². The Hall–Kier alpha value is -3.18. The Morgan fingerprint density at radius 2 is 1.58 bits per heavy atom. The van der Waals surface area contributed by atoms with Crippen LogP contribution in [0, 0.1) is 13.8 Å². The maximum absolute atomic E-state index is 6.23. The lowest BCUT2D eigenvalue weighted by atomic mass is 9.94. The normalized spacial score (nSPS) is 15.0. The second-order valence-electron chi connectivity index (χ2n) is 8.86.